The zero-order valence-corrected chi connectivity index (χ0v) is 22.3. The van der Waals surface area contributed by atoms with Crippen molar-refractivity contribution in [2.75, 3.05) is 27.1 Å². The highest BCUT2D eigenvalue weighted by molar-refractivity contribution is 5.66. The van der Waals surface area contributed by atoms with Crippen LogP contribution in [0.3, 0.4) is 0 Å². The van der Waals surface area contributed by atoms with Crippen molar-refractivity contribution in [3.63, 3.8) is 0 Å². The molecule has 0 radical (unpaired) electrons. The second kappa shape index (κ2) is 8.76. The minimum atomic E-state index is -0.396. The topological polar surface area (TPSA) is 78.2 Å². The van der Waals surface area contributed by atoms with Gasteiger partial charge in [0.2, 0.25) is 6.79 Å². The molecule has 1 unspecified atom stereocenters. The average Bonchev–Trinajstić information content (AvgIpc) is 3.37. The molecule has 1 N–H and O–H groups in total. The second-order valence-corrected chi connectivity index (χ2v) is 10.9. The van der Waals surface area contributed by atoms with Crippen molar-refractivity contribution in [1.29, 1.82) is 5.26 Å². The quantitative estimate of drug-likeness (QED) is 0.635. The fraction of sp³-hybridized carbons (Fsp3) is 0.500. The summed E-state index contributed by atoms with van der Waals surface area (Å²) in [5.41, 5.74) is 9.53. The van der Waals surface area contributed by atoms with E-state index in [4.69, 9.17) is 14.2 Å². The minimum Gasteiger partial charge on any atom is -0.489 e. The van der Waals surface area contributed by atoms with Gasteiger partial charge < -0.3 is 19.3 Å². The van der Waals surface area contributed by atoms with Crippen LogP contribution < -0.4 is 14.2 Å². The van der Waals surface area contributed by atoms with E-state index in [0.29, 0.717) is 24.5 Å². The molecule has 2 aromatic rings. The Balaban J connectivity index is 1.61. The first kappa shape index (κ1) is 24.3. The number of aliphatic hydroxyl groups excluding tert-OH is 1. The summed E-state index contributed by atoms with van der Waals surface area (Å²) in [6.07, 6.45) is 3.24. The highest BCUT2D eigenvalue weighted by Gasteiger charge is 2.56. The van der Waals surface area contributed by atoms with E-state index in [1.165, 1.54) is 27.8 Å². The molecule has 37 heavy (non-hydrogen) atoms. The molecule has 7 nitrogen and oxygen atoms in total. The van der Waals surface area contributed by atoms with E-state index in [9.17, 15) is 10.4 Å². The van der Waals surface area contributed by atoms with Crippen LogP contribution in [0.5, 0.6) is 17.2 Å². The first-order valence-electron chi connectivity index (χ1n) is 13.1. The Kier molecular flexibility index (Phi) is 5.76. The van der Waals surface area contributed by atoms with Crippen LogP contribution in [0.2, 0.25) is 0 Å². The summed E-state index contributed by atoms with van der Waals surface area (Å²) in [6.45, 7) is 12.8. The number of piperazine rings is 1. The number of hydrogen-bond acceptors (Lipinski definition) is 7. The summed E-state index contributed by atoms with van der Waals surface area (Å²) < 4.78 is 18.1. The van der Waals surface area contributed by atoms with Crippen molar-refractivity contribution in [1.82, 2.24) is 9.80 Å². The Labute approximate surface area is 218 Å². The maximum absolute atomic E-state index is 10.9. The van der Waals surface area contributed by atoms with Crippen LogP contribution in [0.4, 0.5) is 0 Å². The molecule has 4 aliphatic heterocycles. The summed E-state index contributed by atoms with van der Waals surface area (Å²) in [4.78, 5) is 4.70. The molecule has 194 valence electrons. The van der Waals surface area contributed by atoms with Gasteiger partial charge in [0.25, 0.3) is 0 Å². The summed E-state index contributed by atoms with van der Waals surface area (Å²) in [5, 5.41) is 21.4. The summed E-state index contributed by atoms with van der Waals surface area (Å²) in [7, 11) is 2.16. The first-order chi connectivity index (χ1) is 17.8. The zero-order valence-electron chi connectivity index (χ0n) is 22.3. The van der Waals surface area contributed by atoms with Crippen molar-refractivity contribution < 1.29 is 19.3 Å². The van der Waals surface area contributed by atoms with Crippen molar-refractivity contribution in [2.24, 2.45) is 0 Å². The van der Waals surface area contributed by atoms with Crippen LogP contribution in [0.1, 0.15) is 56.6 Å². The Morgan fingerprint density at radius 1 is 1.11 bits per heavy atom. The molecular formula is C30H35N3O4. The van der Waals surface area contributed by atoms with Crippen molar-refractivity contribution in [2.45, 2.75) is 70.7 Å². The Hall–Kier alpha value is -3.05. The van der Waals surface area contributed by atoms with E-state index in [1.807, 2.05) is 6.92 Å². The lowest BCUT2D eigenvalue weighted by Gasteiger charge is -2.60. The third kappa shape index (κ3) is 3.22. The molecule has 6 rings (SSSR count). The number of hydrogen-bond donors (Lipinski definition) is 1. The number of rotatable bonds is 4. The Morgan fingerprint density at radius 3 is 2.57 bits per heavy atom. The molecule has 0 aliphatic carbocycles. The molecule has 1 saturated heterocycles. The number of benzene rings is 2. The van der Waals surface area contributed by atoms with Gasteiger partial charge in [-0.2, -0.15) is 5.26 Å². The van der Waals surface area contributed by atoms with Crippen LogP contribution in [0.15, 0.2) is 18.7 Å². The van der Waals surface area contributed by atoms with Gasteiger partial charge in [0, 0.05) is 28.8 Å². The molecule has 0 spiro atoms. The maximum atomic E-state index is 10.9. The van der Waals surface area contributed by atoms with Gasteiger partial charge in [-0.15, -0.1) is 0 Å². The molecule has 2 bridgehead atoms. The first-order valence-corrected chi connectivity index (χ1v) is 13.1. The molecule has 0 aromatic heterocycles. The molecular weight excluding hydrogens is 466 g/mol. The monoisotopic (exact) mass is 501 g/mol. The van der Waals surface area contributed by atoms with Crippen molar-refractivity contribution in [3.8, 4) is 23.3 Å². The smallest absolute Gasteiger partial charge is 0.231 e. The lowest BCUT2D eigenvalue weighted by atomic mass is 9.70. The van der Waals surface area contributed by atoms with Gasteiger partial charge in [0.05, 0.1) is 24.8 Å². The fourth-order valence-electron chi connectivity index (χ4n) is 7.49. The lowest BCUT2D eigenvalue weighted by molar-refractivity contribution is -0.0821. The van der Waals surface area contributed by atoms with Crippen LogP contribution in [0.25, 0.3) is 0 Å². The number of nitriles is 1. The molecule has 0 amide bonds. The number of aliphatic hydroxyl groups is 1. The SMILES string of the molecule is C=CCOc1c(C)c2c(c3c1CC1[C@@H]4c5c(cc(C)c(C)c5C)C[C@@H]([C@H](C#N)N1[C@H]3CO)N4C)OCO2. The number of aryl methyl sites for hydroxylation is 1. The van der Waals surface area contributed by atoms with E-state index in [0.717, 1.165) is 28.9 Å². The van der Waals surface area contributed by atoms with E-state index in [2.05, 4.69) is 56.3 Å². The van der Waals surface area contributed by atoms with E-state index >= 15 is 0 Å². The molecule has 4 aliphatic rings. The fourth-order valence-corrected chi connectivity index (χ4v) is 7.49. The summed E-state index contributed by atoms with van der Waals surface area (Å²) >= 11 is 0. The lowest BCUT2D eigenvalue weighted by Crippen LogP contribution is -2.68. The van der Waals surface area contributed by atoms with Crippen LogP contribution >= 0.6 is 0 Å². The van der Waals surface area contributed by atoms with E-state index in [1.54, 1.807) is 6.08 Å². The number of likely N-dealkylation sites (N-methyl/N-ethyl adjacent to an activating group) is 1. The molecule has 2 aromatic carbocycles. The number of fused-ring (bicyclic) bond motifs is 9. The van der Waals surface area contributed by atoms with Gasteiger partial charge in [0.15, 0.2) is 11.5 Å². The molecule has 4 heterocycles. The molecule has 0 saturated carbocycles. The van der Waals surface area contributed by atoms with Crippen molar-refractivity contribution >= 4 is 0 Å². The normalized spacial score (nSPS) is 27.6. The van der Waals surface area contributed by atoms with Gasteiger partial charge in [-0.3, -0.25) is 9.80 Å². The highest BCUT2D eigenvalue weighted by Crippen LogP contribution is 2.57. The van der Waals surface area contributed by atoms with Gasteiger partial charge in [0.1, 0.15) is 18.4 Å². The molecule has 5 atom stereocenters. The van der Waals surface area contributed by atoms with Gasteiger partial charge in [-0.25, -0.2) is 0 Å². The largest absolute Gasteiger partial charge is 0.489 e. The predicted octanol–water partition coefficient (Wildman–Crippen LogP) is 3.98. The average molecular weight is 502 g/mol. The number of ether oxygens (including phenoxy) is 3. The molecule has 1 fully saturated rings. The van der Waals surface area contributed by atoms with Gasteiger partial charge in [-0.05, 0) is 75.4 Å². The van der Waals surface area contributed by atoms with Crippen LogP contribution in [-0.4, -0.2) is 60.1 Å². The maximum Gasteiger partial charge on any atom is 0.231 e. The predicted molar refractivity (Wildman–Crippen MR) is 140 cm³/mol. The Morgan fingerprint density at radius 2 is 1.86 bits per heavy atom. The van der Waals surface area contributed by atoms with Crippen LogP contribution in [-0.2, 0) is 12.8 Å². The third-order valence-electron chi connectivity index (χ3n) is 9.31. The summed E-state index contributed by atoms with van der Waals surface area (Å²) in [6, 6.07) is 4.31. The number of nitrogens with zero attached hydrogens (tertiary/aromatic N) is 3. The standard InChI is InChI=1S/C30H35N3O4/c1-7-8-35-28-18(5)29-30(37-14-36-29)26-20(28)11-22-27-25-17(4)16(3)15(2)9-19(25)10-21(32(27)6)23(12-31)33(22)24(26)13-34/h7,9,21-24,27,34H,1,8,10-11,13-14H2,2-6H3/t21-,22?,23-,24-,27+/m0/s1. The van der Waals surface area contributed by atoms with E-state index in [-0.39, 0.29) is 37.6 Å². The van der Waals surface area contributed by atoms with Crippen molar-refractivity contribution in [3.05, 3.63) is 63.2 Å². The summed E-state index contributed by atoms with van der Waals surface area (Å²) in [5.74, 6) is 2.13. The second-order valence-electron chi connectivity index (χ2n) is 10.9. The molecule has 7 heteroatoms. The third-order valence-corrected chi connectivity index (χ3v) is 9.31. The van der Waals surface area contributed by atoms with E-state index < -0.39 is 6.04 Å². The zero-order chi connectivity index (χ0) is 26.2. The highest BCUT2D eigenvalue weighted by atomic mass is 16.7. The van der Waals surface area contributed by atoms with Crippen LogP contribution in [0, 0.1) is 39.0 Å². The van der Waals surface area contributed by atoms with Gasteiger partial charge >= 0.3 is 0 Å². The van der Waals surface area contributed by atoms with Gasteiger partial charge in [-0.1, -0.05) is 18.7 Å². The Bertz CT molecular complexity index is 1350. The minimum absolute atomic E-state index is 0.0127.